The van der Waals surface area contributed by atoms with Crippen molar-refractivity contribution in [2.24, 2.45) is 0 Å². The maximum Gasteiger partial charge on any atom is 0.336 e. The smallest absolute Gasteiger partial charge is 0.336 e. The molecule has 1 heterocycles. The summed E-state index contributed by atoms with van der Waals surface area (Å²) in [6.45, 7) is 8.99. The number of hydrogen-bond donors (Lipinski definition) is 0. The summed E-state index contributed by atoms with van der Waals surface area (Å²) in [6.07, 6.45) is 2.50. The summed E-state index contributed by atoms with van der Waals surface area (Å²) >= 11 is 0. The van der Waals surface area contributed by atoms with Crippen LogP contribution in [0.3, 0.4) is 0 Å². The lowest BCUT2D eigenvalue weighted by Gasteiger charge is -2.19. The van der Waals surface area contributed by atoms with E-state index in [9.17, 15) is 9.59 Å². The second kappa shape index (κ2) is 9.82. The summed E-state index contributed by atoms with van der Waals surface area (Å²) < 4.78 is 16.4. The van der Waals surface area contributed by atoms with Crippen LogP contribution < -0.4 is 15.1 Å². The van der Waals surface area contributed by atoms with Crippen LogP contribution in [-0.4, -0.2) is 12.6 Å². The standard InChI is InChI=1S/C26H30O5/c1-5-7-18-16-25(28)31-23-17-21(13-14-22(18)23)30-24(27)8-6-15-29-20-11-9-19(10-12-20)26(2,3)4/h9-14,16-17H,5-8,15H2,1-4H3. The SMILES string of the molecule is CCCc1cc(=O)oc2cc(OC(=O)CCCOc3ccc(C(C)(C)C)cc3)ccc12. The highest BCUT2D eigenvalue weighted by atomic mass is 16.5. The maximum atomic E-state index is 12.2. The number of aryl methyl sites for hydroxylation is 1. The number of rotatable bonds is 8. The Morgan fingerprint density at radius 2 is 1.71 bits per heavy atom. The van der Waals surface area contributed by atoms with Gasteiger partial charge in [-0.3, -0.25) is 4.79 Å². The molecule has 0 atom stereocenters. The Labute approximate surface area is 183 Å². The van der Waals surface area contributed by atoms with Crippen molar-refractivity contribution in [3.8, 4) is 11.5 Å². The minimum atomic E-state index is -0.396. The number of benzene rings is 2. The Morgan fingerprint density at radius 3 is 2.39 bits per heavy atom. The lowest BCUT2D eigenvalue weighted by atomic mass is 9.87. The van der Waals surface area contributed by atoms with Crippen molar-refractivity contribution in [1.82, 2.24) is 0 Å². The van der Waals surface area contributed by atoms with E-state index in [1.165, 1.54) is 11.6 Å². The van der Waals surface area contributed by atoms with Crippen molar-refractivity contribution in [3.05, 3.63) is 70.1 Å². The second-order valence-electron chi connectivity index (χ2n) is 8.70. The van der Waals surface area contributed by atoms with Gasteiger partial charge in [0.15, 0.2) is 0 Å². The largest absolute Gasteiger partial charge is 0.494 e. The topological polar surface area (TPSA) is 65.7 Å². The maximum absolute atomic E-state index is 12.2. The van der Waals surface area contributed by atoms with Crippen LogP contribution in [0.15, 0.2) is 57.7 Å². The third kappa shape index (κ3) is 6.20. The van der Waals surface area contributed by atoms with Crippen LogP contribution in [0.2, 0.25) is 0 Å². The molecule has 2 aromatic carbocycles. The van der Waals surface area contributed by atoms with E-state index >= 15 is 0 Å². The van der Waals surface area contributed by atoms with Gasteiger partial charge in [-0.1, -0.05) is 46.2 Å². The van der Waals surface area contributed by atoms with Crippen LogP contribution in [0.4, 0.5) is 0 Å². The molecule has 5 heteroatoms. The molecule has 3 rings (SSSR count). The van der Waals surface area contributed by atoms with Crippen LogP contribution >= 0.6 is 0 Å². The van der Waals surface area contributed by atoms with Gasteiger partial charge in [-0.15, -0.1) is 0 Å². The van der Waals surface area contributed by atoms with Gasteiger partial charge in [0.05, 0.1) is 6.61 Å². The highest BCUT2D eigenvalue weighted by Crippen LogP contribution is 2.25. The summed E-state index contributed by atoms with van der Waals surface area (Å²) in [5, 5.41) is 0.868. The first-order chi connectivity index (χ1) is 14.8. The molecule has 1 aromatic heterocycles. The van der Waals surface area contributed by atoms with Crippen LogP contribution in [-0.2, 0) is 16.6 Å². The Balaban J connectivity index is 1.51. The van der Waals surface area contributed by atoms with Gasteiger partial charge in [0.1, 0.15) is 17.1 Å². The fourth-order valence-corrected chi connectivity index (χ4v) is 3.39. The Morgan fingerprint density at radius 1 is 1.00 bits per heavy atom. The molecule has 0 amide bonds. The van der Waals surface area contributed by atoms with Crippen molar-refractivity contribution in [2.75, 3.05) is 6.61 Å². The molecule has 0 N–H and O–H groups in total. The average molecular weight is 423 g/mol. The first kappa shape index (κ1) is 22.6. The normalized spacial score (nSPS) is 11.5. The zero-order valence-corrected chi connectivity index (χ0v) is 18.7. The Bertz CT molecular complexity index is 1090. The quantitative estimate of drug-likeness (QED) is 0.198. The van der Waals surface area contributed by atoms with Gasteiger partial charge < -0.3 is 13.9 Å². The van der Waals surface area contributed by atoms with E-state index in [1.807, 2.05) is 18.2 Å². The predicted octanol–water partition coefficient (Wildman–Crippen LogP) is 5.81. The van der Waals surface area contributed by atoms with E-state index in [1.54, 1.807) is 12.1 Å². The number of hydrogen-bond acceptors (Lipinski definition) is 5. The van der Waals surface area contributed by atoms with Crippen molar-refractivity contribution in [3.63, 3.8) is 0 Å². The predicted molar refractivity (Wildman–Crippen MR) is 122 cm³/mol. The number of carbonyl (C=O) groups is 1. The van der Waals surface area contributed by atoms with Gasteiger partial charge in [0.2, 0.25) is 0 Å². The van der Waals surface area contributed by atoms with E-state index < -0.39 is 5.63 Å². The fourth-order valence-electron chi connectivity index (χ4n) is 3.39. The summed E-state index contributed by atoms with van der Waals surface area (Å²) in [5.74, 6) is 0.805. The molecule has 0 aliphatic carbocycles. The van der Waals surface area contributed by atoms with Gasteiger partial charge in [-0.25, -0.2) is 4.79 Å². The zero-order chi connectivity index (χ0) is 22.4. The lowest BCUT2D eigenvalue weighted by molar-refractivity contribution is -0.134. The summed E-state index contributed by atoms with van der Waals surface area (Å²) in [6, 6.07) is 14.7. The van der Waals surface area contributed by atoms with Crippen LogP contribution in [0.5, 0.6) is 11.5 Å². The molecule has 0 aliphatic rings. The van der Waals surface area contributed by atoms with E-state index in [-0.39, 0.29) is 17.8 Å². The fraction of sp³-hybridized carbons (Fsp3) is 0.385. The molecule has 0 bridgehead atoms. The molecular formula is C26H30O5. The number of esters is 1. The van der Waals surface area contributed by atoms with E-state index in [0.717, 1.165) is 29.5 Å². The first-order valence-electron chi connectivity index (χ1n) is 10.8. The molecular weight excluding hydrogens is 392 g/mol. The summed E-state index contributed by atoms with van der Waals surface area (Å²) in [7, 11) is 0. The number of carbonyl (C=O) groups excluding carboxylic acids is 1. The Kier molecular flexibility index (Phi) is 7.16. The van der Waals surface area contributed by atoms with Crippen molar-refractivity contribution < 1.29 is 18.7 Å². The van der Waals surface area contributed by atoms with Gasteiger partial charge in [0, 0.05) is 23.9 Å². The van der Waals surface area contributed by atoms with Gasteiger partial charge in [0.25, 0.3) is 0 Å². The van der Waals surface area contributed by atoms with E-state index in [4.69, 9.17) is 13.9 Å². The molecule has 0 radical (unpaired) electrons. The lowest BCUT2D eigenvalue weighted by Crippen LogP contribution is -2.11. The third-order valence-electron chi connectivity index (χ3n) is 5.07. The van der Waals surface area contributed by atoms with Crippen molar-refractivity contribution in [1.29, 1.82) is 0 Å². The Hall–Kier alpha value is -3.08. The van der Waals surface area contributed by atoms with Gasteiger partial charge >= 0.3 is 11.6 Å². The monoisotopic (exact) mass is 422 g/mol. The summed E-state index contributed by atoms with van der Waals surface area (Å²) in [4.78, 5) is 24.0. The number of ether oxygens (including phenoxy) is 2. The first-order valence-corrected chi connectivity index (χ1v) is 10.8. The molecule has 31 heavy (non-hydrogen) atoms. The highest BCUT2D eigenvalue weighted by Gasteiger charge is 2.13. The molecule has 0 saturated heterocycles. The van der Waals surface area contributed by atoms with Gasteiger partial charge in [-0.2, -0.15) is 0 Å². The minimum Gasteiger partial charge on any atom is -0.494 e. The average Bonchev–Trinajstić information content (AvgIpc) is 2.71. The molecule has 164 valence electrons. The molecule has 0 spiro atoms. The number of fused-ring (bicyclic) bond motifs is 1. The molecule has 0 fully saturated rings. The molecule has 5 nitrogen and oxygen atoms in total. The van der Waals surface area contributed by atoms with Crippen molar-refractivity contribution >= 4 is 16.9 Å². The molecule has 0 saturated carbocycles. The summed E-state index contributed by atoms with van der Waals surface area (Å²) in [5.41, 5.74) is 2.33. The second-order valence-corrected chi connectivity index (χ2v) is 8.70. The molecule has 0 unspecified atom stereocenters. The van der Waals surface area contributed by atoms with E-state index in [2.05, 4.69) is 39.8 Å². The zero-order valence-electron chi connectivity index (χ0n) is 18.7. The van der Waals surface area contributed by atoms with Crippen LogP contribution in [0.1, 0.15) is 58.1 Å². The molecule has 3 aromatic rings. The minimum absolute atomic E-state index is 0.102. The van der Waals surface area contributed by atoms with Crippen LogP contribution in [0.25, 0.3) is 11.0 Å². The third-order valence-corrected chi connectivity index (χ3v) is 5.07. The van der Waals surface area contributed by atoms with E-state index in [0.29, 0.717) is 24.4 Å². The van der Waals surface area contributed by atoms with Crippen LogP contribution in [0, 0.1) is 0 Å². The molecule has 0 aliphatic heterocycles. The van der Waals surface area contributed by atoms with Crippen molar-refractivity contribution in [2.45, 2.75) is 58.8 Å². The van der Waals surface area contributed by atoms with Gasteiger partial charge in [-0.05, 0) is 53.6 Å². The highest BCUT2D eigenvalue weighted by molar-refractivity contribution is 5.82.